The molecule has 1 aromatic rings. The lowest BCUT2D eigenvalue weighted by Gasteiger charge is -2.22. The van der Waals surface area contributed by atoms with Gasteiger partial charge >= 0.3 is 0 Å². The molecule has 1 heterocycles. The van der Waals surface area contributed by atoms with E-state index in [0.717, 1.165) is 25.8 Å². The Morgan fingerprint density at radius 2 is 1.71 bits per heavy atom. The van der Waals surface area contributed by atoms with E-state index in [4.69, 9.17) is 9.47 Å². The van der Waals surface area contributed by atoms with E-state index in [9.17, 15) is 9.59 Å². The minimum Gasteiger partial charge on any atom is -0.493 e. The highest BCUT2D eigenvalue weighted by molar-refractivity contribution is 5.81. The second-order valence-corrected chi connectivity index (χ2v) is 6.27. The molecule has 6 heteroatoms. The zero-order valence-corrected chi connectivity index (χ0v) is 14.1. The molecule has 0 spiro atoms. The van der Waals surface area contributed by atoms with Gasteiger partial charge in [-0.25, -0.2) is 0 Å². The molecule has 0 N–H and O–H groups in total. The molecule has 2 amide bonds. The molecule has 1 aliphatic heterocycles. The number of amides is 2. The first kappa shape index (κ1) is 16.6. The molecule has 3 rings (SSSR count). The lowest BCUT2D eigenvalue weighted by molar-refractivity contribution is -0.135. The third-order valence-corrected chi connectivity index (χ3v) is 4.51. The summed E-state index contributed by atoms with van der Waals surface area (Å²) in [5, 5.41) is 0. The maximum atomic E-state index is 12.4. The summed E-state index contributed by atoms with van der Waals surface area (Å²) < 4.78 is 10.8. The fourth-order valence-corrected chi connectivity index (χ4v) is 2.94. The van der Waals surface area contributed by atoms with Crippen LogP contribution in [0.3, 0.4) is 0 Å². The van der Waals surface area contributed by atoms with Gasteiger partial charge < -0.3 is 19.3 Å². The number of nitrogens with zero attached hydrogens (tertiary/aromatic N) is 2. The fourth-order valence-electron chi connectivity index (χ4n) is 2.94. The van der Waals surface area contributed by atoms with E-state index in [-0.39, 0.29) is 24.3 Å². The van der Waals surface area contributed by atoms with Crippen molar-refractivity contribution in [2.45, 2.75) is 19.3 Å². The van der Waals surface area contributed by atoms with Gasteiger partial charge in [0, 0.05) is 32.1 Å². The van der Waals surface area contributed by atoms with Gasteiger partial charge in [-0.1, -0.05) is 12.1 Å². The van der Waals surface area contributed by atoms with Crippen molar-refractivity contribution in [2.24, 2.45) is 5.92 Å². The standard InChI is InChI=1S/C18H24N2O4/c1-23-15-5-2-3-6-16(15)24-13-17(21)19-9-4-10-20(12-11-19)18(22)14-7-8-14/h2-3,5-6,14H,4,7-13H2,1H3. The Labute approximate surface area is 142 Å². The molecule has 6 nitrogen and oxygen atoms in total. The topological polar surface area (TPSA) is 59.1 Å². The normalized spacial score (nSPS) is 18.0. The first-order valence-corrected chi connectivity index (χ1v) is 8.51. The summed E-state index contributed by atoms with van der Waals surface area (Å²) >= 11 is 0. The average molecular weight is 332 g/mol. The van der Waals surface area contributed by atoms with Gasteiger partial charge in [-0.2, -0.15) is 0 Å². The molecule has 130 valence electrons. The maximum Gasteiger partial charge on any atom is 0.260 e. The van der Waals surface area contributed by atoms with E-state index >= 15 is 0 Å². The van der Waals surface area contributed by atoms with E-state index in [1.54, 1.807) is 24.1 Å². The summed E-state index contributed by atoms with van der Waals surface area (Å²) in [7, 11) is 1.57. The van der Waals surface area contributed by atoms with Gasteiger partial charge in [0.25, 0.3) is 5.91 Å². The zero-order chi connectivity index (χ0) is 16.9. The Morgan fingerprint density at radius 3 is 2.42 bits per heavy atom. The quantitative estimate of drug-likeness (QED) is 0.821. The molecule has 1 saturated carbocycles. The lowest BCUT2D eigenvalue weighted by Crippen LogP contribution is -2.39. The van der Waals surface area contributed by atoms with Crippen LogP contribution in [0.1, 0.15) is 19.3 Å². The molecule has 1 aromatic carbocycles. The highest BCUT2D eigenvalue weighted by Gasteiger charge is 2.34. The predicted octanol–water partition coefficient (Wildman–Crippen LogP) is 1.54. The Hall–Kier alpha value is -2.24. The average Bonchev–Trinajstić information content (AvgIpc) is 3.45. The molecule has 2 aliphatic rings. The van der Waals surface area contributed by atoms with Gasteiger partial charge in [0.2, 0.25) is 5.91 Å². The SMILES string of the molecule is COc1ccccc1OCC(=O)N1CCCN(C(=O)C2CC2)CC1. The minimum atomic E-state index is -0.0540. The number of hydrogen-bond donors (Lipinski definition) is 0. The summed E-state index contributed by atoms with van der Waals surface area (Å²) in [6.45, 7) is 2.59. The number of carbonyl (C=O) groups is 2. The molecule has 24 heavy (non-hydrogen) atoms. The fraction of sp³-hybridized carbons (Fsp3) is 0.556. The van der Waals surface area contributed by atoms with E-state index in [1.807, 2.05) is 17.0 Å². The molecule has 0 bridgehead atoms. The minimum absolute atomic E-state index is 0.0169. The van der Waals surface area contributed by atoms with Crippen LogP contribution in [0.2, 0.25) is 0 Å². The Morgan fingerprint density at radius 1 is 1.04 bits per heavy atom. The summed E-state index contributed by atoms with van der Waals surface area (Å²) in [5.41, 5.74) is 0. The summed E-state index contributed by atoms with van der Waals surface area (Å²) in [4.78, 5) is 28.3. The summed E-state index contributed by atoms with van der Waals surface area (Å²) in [6, 6.07) is 7.28. The Balaban J connectivity index is 1.50. The van der Waals surface area contributed by atoms with Crippen LogP contribution in [0.5, 0.6) is 11.5 Å². The third-order valence-electron chi connectivity index (χ3n) is 4.51. The second-order valence-electron chi connectivity index (χ2n) is 6.27. The van der Waals surface area contributed by atoms with Crippen molar-refractivity contribution in [3.63, 3.8) is 0 Å². The van der Waals surface area contributed by atoms with Crippen LogP contribution >= 0.6 is 0 Å². The van der Waals surface area contributed by atoms with Crippen molar-refractivity contribution < 1.29 is 19.1 Å². The Bertz CT molecular complexity index is 600. The number of rotatable bonds is 5. The van der Waals surface area contributed by atoms with Gasteiger partial charge in [-0.3, -0.25) is 9.59 Å². The van der Waals surface area contributed by atoms with Crippen molar-refractivity contribution in [3.05, 3.63) is 24.3 Å². The van der Waals surface area contributed by atoms with Crippen molar-refractivity contribution in [1.82, 2.24) is 9.80 Å². The van der Waals surface area contributed by atoms with Crippen LogP contribution in [0.25, 0.3) is 0 Å². The number of ether oxygens (including phenoxy) is 2. The summed E-state index contributed by atoms with van der Waals surface area (Å²) in [6.07, 6.45) is 2.86. The number of hydrogen-bond acceptors (Lipinski definition) is 4. The number of methoxy groups -OCH3 is 1. The first-order chi connectivity index (χ1) is 11.7. The zero-order valence-electron chi connectivity index (χ0n) is 14.1. The number of carbonyl (C=O) groups excluding carboxylic acids is 2. The summed E-state index contributed by atoms with van der Waals surface area (Å²) in [5.74, 6) is 1.62. The largest absolute Gasteiger partial charge is 0.493 e. The van der Waals surface area contributed by atoms with E-state index < -0.39 is 0 Å². The molecular weight excluding hydrogens is 308 g/mol. The maximum absolute atomic E-state index is 12.4. The lowest BCUT2D eigenvalue weighted by atomic mass is 10.3. The van der Waals surface area contributed by atoms with Crippen LogP contribution < -0.4 is 9.47 Å². The van der Waals surface area contributed by atoms with Crippen LogP contribution in [0, 0.1) is 5.92 Å². The Kier molecular flexibility index (Phi) is 5.23. The van der Waals surface area contributed by atoms with Crippen molar-refractivity contribution in [2.75, 3.05) is 39.9 Å². The molecule has 2 fully saturated rings. The molecular formula is C18H24N2O4. The first-order valence-electron chi connectivity index (χ1n) is 8.51. The molecule has 0 aromatic heterocycles. The van der Waals surface area contributed by atoms with Gasteiger partial charge in [0.1, 0.15) is 0 Å². The molecule has 1 aliphatic carbocycles. The molecule has 0 radical (unpaired) electrons. The van der Waals surface area contributed by atoms with E-state index in [1.165, 1.54) is 0 Å². The van der Waals surface area contributed by atoms with Gasteiger partial charge in [0.15, 0.2) is 18.1 Å². The predicted molar refractivity (Wildman–Crippen MR) is 89.0 cm³/mol. The van der Waals surface area contributed by atoms with Crippen LogP contribution in [0.15, 0.2) is 24.3 Å². The van der Waals surface area contributed by atoms with Crippen LogP contribution in [-0.4, -0.2) is 61.5 Å². The molecule has 1 saturated heterocycles. The van der Waals surface area contributed by atoms with Crippen LogP contribution in [-0.2, 0) is 9.59 Å². The van der Waals surface area contributed by atoms with E-state index in [0.29, 0.717) is 31.1 Å². The number of para-hydroxylation sites is 2. The number of benzene rings is 1. The highest BCUT2D eigenvalue weighted by atomic mass is 16.5. The molecule has 0 unspecified atom stereocenters. The molecule has 0 atom stereocenters. The van der Waals surface area contributed by atoms with Gasteiger partial charge in [0.05, 0.1) is 7.11 Å². The van der Waals surface area contributed by atoms with Gasteiger partial charge in [-0.05, 0) is 31.4 Å². The van der Waals surface area contributed by atoms with Crippen molar-refractivity contribution in [3.8, 4) is 11.5 Å². The second kappa shape index (κ2) is 7.55. The highest BCUT2D eigenvalue weighted by Crippen LogP contribution is 2.31. The van der Waals surface area contributed by atoms with Crippen molar-refractivity contribution >= 4 is 11.8 Å². The third kappa shape index (κ3) is 3.99. The van der Waals surface area contributed by atoms with Gasteiger partial charge in [-0.15, -0.1) is 0 Å². The smallest absolute Gasteiger partial charge is 0.260 e. The van der Waals surface area contributed by atoms with Crippen molar-refractivity contribution in [1.29, 1.82) is 0 Å². The monoisotopic (exact) mass is 332 g/mol. The van der Waals surface area contributed by atoms with E-state index in [2.05, 4.69) is 0 Å². The van der Waals surface area contributed by atoms with Crippen LogP contribution in [0.4, 0.5) is 0 Å².